The van der Waals surface area contributed by atoms with Gasteiger partial charge in [0.15, 0.2) is 0 Å². The zero-order valence-corrected chi connectivity index (χ0v) is 16.8. The second-order valence-electron chi connectivity index (χ2n) is 8.48. The first kappa shape index (κ1) is 19.3. The largest absolute Gasteiger partial charge is 0.377 e. The number of nitrogens with zero attached hydrogens (tertiary/aromatic N) is 1. The smallest absolute Gasteiger partial charge is 0.254 e. The minimum atomic E-state index is -0.237. The minimum absolute atomic E-state index is 0.0580. The predicted molar refractivity (Wildman–Crippen MR) is 112 cm³/mol. The topological polar surface area (TPSA) is 54.6 Å². The quantitative estimate of drug-likeness (QED) is 0.624. The molecule has 30 heavy (non-hydrogen) atoms. The van der Waals surface area contributed by atoms with Crippen LogP contribution in [0.4, 0.5) is 4.39 Å². The van der Waals surface area contributed by atoms with Gasteiger partial charge in [0, 0.05) is 23.9 Å². The van der Waals surface area contributed by atoms with E-state index < -0.39 is 0 Å². The molecule has 1 atom stereocenters. The Morgan fingerprint density at radius 3 is 3.00 bits per heavy atom. The van der Waals surface area contributed by atoms with E-state index in [1.54, 1.807) is 6.07 Å². The molecule has 156 valence electrons. The van der Waals surface area contributed by atoms with E-state index in [0.717, 1.165) is 29.3 Å². The van der Waals surface area contributed by atoms with Crippen LogP contribution in [0.1, 0.15) is 28.8 Å². The third-order valence-electron chi connectivity index (χ3n) is 6.16. The van der Waals surface area contributed by atoms with Gasteiger partial charge in [-0.15, -0.1) is 0 Å². The van der Waals surface area contributed by atoms with Crippen molar-refractivity contribution < 1.29 is 18.7 Å². The standard InChI is InChI=1S/C24H25FN2O3/c25-21-3-1-2-17(10-21)13-29-9-7-18-12-24(30-14-18)15-27(16-24)23(28)20-5-4-19-6-8-26-22(19)11-20/h1-6,8,10-11,18,26H,7,9,12-16H2. The lowest BCUT2D eigenvalue weighted by Gasteiger charge is -2.47. The molecule has 2 aliphatic rings. The third kappa shape index (κ3) is 3.85. The van der Waals surface area contributed by atoms with E-state index in [-0.39, 0.29) is 17.3 Å². The summed E-state index contributed by atoms with van der Waals surface area (Å²) in [7, 11) is 0. The molecular formula is C24H25FN2O3. The Morgan fingerprint density at radius 1 is 1.23 bits per heavy atom. The van der Waals surface area contributed by atoms with Crippen molar-refractivity contribution >= 4 is 16.8 Å². The lowest BCUT2D eigenvalue weighted by Crippen LogP contribution is -2.63. The SMILES string of the molecule is O=C(c1ccc2cc[nH]c2c1)N1CC2(CC(CCOCc3cccc(F)c3)CO2)C1. The number of hydrogen-bond acceptors (Lipinski definition) is 3. The van der Waals surface area contributed by atoms with Gasteiger partial charge in [0.1, 0.15) is 11.4 Å². The van der Waals surface area contributed by atoms with Crippen molar-refractivity contribution in [1.29, 1.82) is 0 Å². The first-order chi connectivity index (χ1) is 14.6. The number of carbonyl (C=O) groups is 1. The average molecular weight is 408 g/mol. The molecule has 1 aromatic heterocycles. The Hall–Kier alpha value is -2.70. The fourth-order valence-corrected chi connectivity index (χ4v) is 4.57. The Labute approximate surface area is 174 Å². The average Bonchev–Trinajstić information content (AvgIpc) is 3.36. The maximum absolute atomic E-state index is 13.2. The lowest BCUT2D eigenvalue weighted by atomic mass is 9.85. The molecule has 1 spiro atoms. The van der Waals surface area contributed by atoms with Crippen molar-refractivity contribution in [3.8, 4) is 0 Å². The van der Waals surface area contributed by atoms with Crippen LogP contribution in [0.5, 0.6) is 0 Å². The van der Waals surface area contributed by atoms with Crippen molar-refractivity contribution in [3.63, 3.8) is 0 Å². The first-order valence-corrected chi connectivity index (χ1v) is 10.4. The number of benzene rings is 2. The molecule has 0 radical (unpaired) electrons. The summed E-state index contributed by atoms with van der Waals surface area (Å²) in [6.45, 7) is 3.05. The highest BCUT2D eigenvalue weighted by molar-refractivity contribution is 5.98. The molecular weight excluding hydrogens is 383 g/mol. The summed E-state index contributed by atoms with van der Waals surface area (Å²) in [5.41, 5.74) is 2.34. The van der Waals surface area contributed by atoms with E-state index in [4.69, 9.17) is 9.47 Å². The number of hydrogen-bond donors (Lipinski definition) is 1. The normalized spacial score (nSPS) is 20.0. The number of halogens is 1. The molecule has 0 aliphatic carbocycles. The monoisotopic (exact) mass is 408 g/mol. The molecule has 2 fully saturated rings. The molecule has 2 aliphatic heterocycles. The number of fused-ring (bicyclic) bond motifs is 1. The summed E-state index contributed by atoms with van der Waals surface area (Å²) in [6, 6.07) is 14.3. The Morgan fingerprint density at radius 2 is 2.13 bits per heavy atom. The van der Waals surface area contributed by atoms with E-state index in [2.05, 4.69) is 4.98 Å². The highest BCUT2D eigenvalue weighted by Crippen LogP contribution is 2.39. The molecule has 3 aromatic rings. The highest BCUT2D eigenvalue weighted by Gasteiger charge is 2.51. The number of H-pyrrole nitrogens is 1. The van der Waals surface area contributed by atoms with E-state index in [0.29, 0.717) is 44.4 Å². The van der Waals surface area contributed by atoms with Gasteiger partial charge in [-0.25, -0.2) is 4.39 Å². The second-order valence-corrected chi connectivity index (χ2v) is 8.48. The van der Waals surface area contributed by atoms with Crippen LogP contribution in [0.2, 0.25) is 0 Å². The van der Waals surface area contributed by atoms with Gasteiger partial charge in [-0.2, -0.15) is 0 Å². The van der Waals surface area contributed by atoms with Gasteiger partial charge >= 0.3 is 0 Å². The van der Waals surface area contributed by atoms with Crippen molar-refractivity contribution in [2.45, 2.75) is 25.0 Å². The zero-order chi connectivity index (χ0) is 20.6. The zero-order valence-electron chi connectivity index (χ0n) is 16.8. The summed E-state index contributed by atoms with van der Waals surface area (Å²) in [5.74, 6) is 0.256. The highest BCUT2D eigenvalue weighted by atomic mass is 19.1. The van der Waals surface area contributed by atoms with Crippen molar-refractivity contribution in [1.82, 2.24) is 9.88 Å². The molecule has 1 amide bonds. The van der Waals surface area contributed by atoms with Gasteiger partial charge in [-0.3, -0.25) is 4.79 Å². The third-order valence-corrected chi connectivity index (χ3v) is 6.16. The van der Waals surface area contributed by atoms with E-state index >= 15 is 0 Å². The van der Waals surface area contributed by atoms with Crippen molar-refractivity contribution in [3.05, 3.63) is 71.7 Å². The number of carbonyl (C=O) groups excluding carboxylic acids is 1. The summed E-state index contributed by atoms with van der Waals surface area (Å²) in [5, 5.41) is 1.10. The Kier molecular flexibility index (Phi) is 5.05. The van der Waals surface area contributed by atoms with Crippen LogP contribution < -0.4 is 0 Å². The van der Waals surface area contributed by atoms with Crippen LogP contribution in [-0.4, -0.2) is 47.7 Å². The first-order valence-electron chi connectivity index (χ1n) is 10.4. The second kappa shape index (κ2) is 7.85. The Bertz CT molecular complexity index is 1060. The van der Waals surface area contributed by atoms with Crippen molar-refractivity contribution in [2.24, 2.45) is 5.92 Å². The number of rotatable bonds is 6. The number of ether oxygens (including phenoxy) is 2. The minimum Gasteiger partial charge on any atom is -0.377 e. The van der Waals surface area contributed by atoms with Gasteiger partial charge in [0.2, 0.25) is 0 Å². The van der Waals surface area contributed by atoms with E-state index in [9.17, 15) is 9.18 Å². The molecule has 2 aromatic carbocycles. The summed E-state index contributed by atoms with van der Waals surface area (Å²) in [4.78, 5) is 17.8. The van der Waals surface area contributed by atoms with Crippen LogP contribution in [0, 0.1) is 11.7 Å². The molecule has 1 unspecified atom stereocenters. The molecule has 3 heterocycles. The molecule has 6 heteroatoms. The molecule has 5 nitrogen and oxygen atoms in total. The van der Waals surface area contributed by atoms with Gasteiger partial charge in [0.05, 0.1) is 26.3 Å². The maximum atomic E-state index is 13.2. The van der Waals surface area contributed by atoms with Crippen LogP contribution in [0.3, 0.4) is 0 Å². The summed E-state index contributed by atoms with van der Waals surface area (Å²) >= 11 is 0. The fraction of sp³-hybridized carbons (Fsp3) is 0.375. The molecule has 0 saturated carbocycles. The van der Waals surface area contributed by atoms with E-state index in [1.165, 1.54) is 12.1 Å². The van der Waals surface area contributed by atoms with Crippen molar-refractivity contribution in [2.75, 3.05) is 26.3 Å². The van der Waals surface area contributed by atoms with Crippen LogP contribution in [0.25, 0.3) is 10.9 Å². The van der Waals surface area contributed by atoms with Gasteiger partial charge in [-0.1, -0.05) is 18.2 Å². The number of nitrogens with one attached hydrogen (secondary N) is 1. The number of aromatic amines is 1. The molecule has 0 bridgehead atoms. The summed E-state index contributed by atoms with van der Waals surface area (Å²) in [6.07, 6.45) is 3.75. The van der Waals surface area contributed by atoms with E-state index in [1.807, 2.05) is 41.4 Å². The van der Waals surface area contributed by atoms with Crippen LogP contribution in [-0.2, 0) is 16.1 Å². The molecule has 5 rings (SSSR count). The molecule has 1 N–H and O–H groups in total. The van der Waals surface area contributed by atoms with Gasteiger partial charge in [-0.05, 0) is 60.0 Å². The number of amides is 1. The lowest BCUT2D eigenvalue weighted by molar-refractivity contribution is -0.0950. The number of aromatic nitrogens is 1. The van der Waals surface area contributed by atoms with Crippen LogP contribution in [0.15, 0.2) is 54.7 Å². The number of likely N-dealkylation sites (tertiary alicyclic amines) is 1. The maximum Gasteiger partial charge on any atom is 0.254 e. The Balaban J connectivity index is 1.08. The van der Waals surface area contributed by atoms with Gasteiger partial charge in [0.25, 0.3) is 5.91 Å². The molecule has 2 saturated heterocycles. The summed E-state index contributed by atoms with van der Waals surface area (Å²) < 4.78 is 25.0. The van der Waals surface area contributed by atoms with Gasteiger partial charge < -0.3 is 19.4 Å². The fourth-order valence-electron chi connectivity index (χ4n) is 4.57. The van der Waals surface area contributed by atoms with Crippen LogP contribution >= 0.6 is 0 Å². The predicted octanol–water partition coefficient (Wildman–Crippen LogP) is 4.15.